The SMILES string of the molecule is C=C(C)CCC(CSCCC)NN. The van der Waals surface area contributed by atoms with Crippen LogP contribution < -0.4 is 11.3 Å². The van der Waals surface area contributed by atoms with Gasteiger partial charge in [-0.2, -0.15) is 11.8 Å². The molecule has 0 aromatic heterocycles. The number of hydrogen-bond donors (Lipinski definition) is 2. The number of hydrogen-bond acceptors (Lipinski definition) is 3. The Morgan fingerprint density at radius 2 is 2.31 bits per heavy atom. The lowest BCUT2D eigenvalue weighted by Gasteiger charge is -2.14. The van der Waals surface area contributed by atoms with E-state index in [0.29, 0.717) is 6.04 Å². The van der Waals surface area contributed by atoms with Gasteiger partial charge >= 0.3 is 0 Å². The minimum Gasteiger partial charge on any atom is -0.271 e. The number of hydrazine groups is 1. The van der Waals surface area contributed by atoms with Crippen LogP contribution in [0.25, 0.3) is 0 Å². The lowest BCUT2D eigenvalue weighted by Crippen LogP contribution is -2.37. The molecular weight excluding hydrogens is 180 g/mol. The standard InChI is InChI=1S/C10H22N2S/c1-4-7-13-8-10(12-11)6-5-9(2)3/h10,12H,2,4-8,11H2,1,3H3. The third kappa shape index (κ3) is 8.34. The van der Waals surface area contributed by atoms with Crippen LogP contribution in [-0.4, -0.2) is 17.5 Å². The summed E-state index contributed by atoms with van der Waals surface area (Å²) < 4.78 is 0. The average Bonchev–Trinajstić information content (AvgIpc) is 2.10. The summed E-state index contributed by atoms with van der Waals surface area (Å²) in [7, 11) is 0. The molecule has 0 aromatic carbocycles. The van der Waals surface area contributed by atoms with Crippen LogP contribution in [0.15, 0.2) is 12.2 Å². The topological polar surface area (TPSA) is 38.0 Å². The maximum Gasteiger partial charge on any atom is 0.0304 e. The predicted octanol–water partition coefficient (Wildman–Crippen LogP) is 2.32. The lowest BCUT2D eigenvalue weighted by molar-refractivity contribution is 0.538. The minimum absolute atomic E-state index is 0.438. The monoisotopic (exact) mass is 202 g/mol. The fourth-order valence-corrected chi connectivity index (χ4v) is 2.01. The molecule has 0 saturated carbocycles. The molecule has 0 amide bonds. The highest BCUT2D eigenvalue weighted by Gasteiger charge is 2.05. The van der Waals surface area contributed by atoms with E-state index < -0.39 is 0 Å². The van der Waals surface area contributed by atoms with E-state index in [-0.39, 0.29) is 0 Å². The highest BCUT2D eigenvalue weighted by Crippen LogP contribution is 2.10. The second-order valence-electron chi connectivity index (χ2n) is 3.43. The van der Waals surface area contributed by atoms with Gasteiger partial charge in [0.05, 0.1) is 0 Å². The van der Waals surface area contributed by atoms with Crippen molar-refractivity contribution in [3.05, 3.63) is 12.2 Å². The number of nitrogens with one attached hydrogen (secondary N) is 1. The Balaban J connectivity index is 3.45. The molecule has 0 aliphatic heterocycles. The molecule has 0 radical (unpaired) electrons. The Morgan fingerprint density at radius 1 is 1.62 bits per heavy atom. The Labute approximate surface area is 86.3 Å². The molecule has 0 bridgehead atoms. The molecule has 1 unspecified atom stereocenters. The van der Waals surface area contributed by atoms with Crippen LogP contribution in [0, 0.1) is 0 Å². The fourth-order valence-electron chi connectivity index (χ4n) is 1.01. The van der Waals surface area contributed by atoms with Crippen molar-refractivity contribution in [2.45, 2.75) is 39.2 Å². The van der Waals surface area contributed by atoms with Crippen molar-refractivity contribution in [1.29, 1.82) is 0 Å². The Bertz CT molecular complexity index is 137. The minimum atomic E-state index is 0.438. The fraction of sp³-hybridized carbons (Fsp3) is 0.800. The third-order valence-corrected chi connectivity index (χ3v) is 3.16. The van der Waals surface area contributed by atoms with Crippen molar-refractivity contribution in [2.75, 3.05) is 11.5 Å². The van der Waals surface area contributed by atoms with Crippen LogP contribution >= 0.6 is 11.8 Å². The van der Waals surface area contributed by atoms with Gasteiger partial charge in [-0.3, -0.25) is 11.3 Å². The zero-order valence-electron chi connectivity index (χ0n) is 8.81. The number of thioether (sulfide) groups is 1. The molecule has 0 spiro atoms. The van der Waals surface area contributed by atoms with Gasteiger partial charge < -0.3 is 0 Å². The molecule has 0 saturated heterocycles. The molecule has 13 heavy (non-hydrogen) atoms. The van der Waals surface area contributed by atoms with Crippen molar-refractivity contribution in [1.82, 2.24) is 5.43 Å². The van der Waals surface area contributed by atoms with Gasteiger partial charge in [0, 0.05) is 11.8 Å². The molecule has 3 N–H and O–H groups in total. The van der Waals surface area contributed by atoms with Gasteiger partial charge in [-0.1, -0.05) is 12.5 Å². The van der Waals surface area contributed by atoms with Crippen LogP contribution in [0.2, 0.25) is 0 Å². The van der Waals surface area contributed by atoms with Gasteiger partial charge in [-0.15, -0.1) is 6.58 Å². The summed E-state index contributed by atoms with van der Waals surface area (Å²) in [6.45, 7) is 8.14. The summed E-state index contributed by atoms with van der Waals surface area (Å²) in [5.74, 6) is 7.78. The van der Waals surface area contributed by atoms with Crippen molar-refractivity contribution in [2.24, 2.45) is 5.84 Å². The lowest BCUT2D eigenvalue weighted by atomic mass is 10.1. The van der Waals surface area contributed by atoms with Crippen molar-refractivity contribution >= 4 is 11.8 Å². The van der Waals surface area contributed by atoms with Gasteiger partial charge in [-0.25, -0.2) is 0 Å². The van der Waals surface area contributed by atoms with E-state index in [0.717, 1.165) is 18.6 Å². The largest absolute Gasteiger partial charge is 0.271 e. The van der Waals surface area contributed by atoms with Crippen LogP contribution in [0.1, 0.15) is 33.1 Å². The Morgan fingerprint density at radius 3 is 2.77 bits per heavy atom. The van der Waals surface area contributed by atoms with Crippen LogP contribution in [0.4, 0.5) is 0 Å². The first kappa shape index (κ1) is 13.0. The first-order valence-electron chi connectivity index (χ1n) is 4.89. The number of nitrogens with two attached hydrogens (primary N) is 1. The van der Waals surface area contributed by atoms with Gasteiger partial charge in [0.2, 0.25) is 0 Å². The molecule has 0 fully saturated rings. The summed E-state index contributed by atoms with van der Waals surface area (Å²) in [5.41, 5.74) is 4.09. The Kier molecular flexibility index (Phi) is 8.61. The second-order valence-corrected chi connectivity index (χ2v) is 4.58. The van der Waals surface area contributed by atoms with E-state index in [4.69, 9.17) is 5.84 Å². The van der Waals surface area contributed by atoms with Crippen molar-refractivity contribution < 1.29 is 0 Å². The molecule has 0 aliphatic carbocycles. The van der Waals surface area contributed by atoms with Gasteiger partial charge in [0.1, 0.15) is 0 Å². The predicted molar refractivity (Wildman–Crippen MR) is 62.8 cm³/mol. The highest BCUT2D eigenvalue weighted by molar-refractivity contribution is 7.99. The molecule has 0 aliphatic rings. The van der Waals surface area contributed by atoms with Crippen molar-refractivity contribution in [3.63, 3.8) is 0 Å². The first-order chi connectivity index (χ1) is 6.20. The van der Waals surface area contributed by atoms with Crippen molar-refractivity contribution in [3.8, 4) is 0 Å². The van der Waals surface area contributed by atoms with Gasteiger partial charge in [-0.05, 0) is 31.9 Å². The van der Waals surface area contributed by atoms with E-state index in [2.05, 4.69) is 25.9 Å². The average molecular weight is 202 g/mol. The summed E-state index contributed by atoms with van der Waals surface area (Å²) in [5, 5.41) is 0. The molecule has 0 heterocycles. The third-order valence-electron chi connectivity index (χ3n) is 1.82. The molecule has 3 heteroatoms. The summed E-state index contributed by atoms with van der Waals surface area (Å²) >= 11 is 1.97. The summed E-state index contributed by atoms with van der Waals surface area (Å²) in [6.07, 6.45) is 3.41. The van der Waals surface area contributed by atoms with E-state index in [9.17, 15) is 0 Å². The van der Waals surface area contributed by atoms with E-state index in [1.807, 2.05) is 11.8 Å². The Hall–Kier alpha value is 0.01000. The van der Waals surface area contributed by atoms with Gasteiger partial charge in [0.25, 0.3) is 0 Å². The molecule has 0 rings (SSSR count). The number of allylic oxidation sites excluding steroid dienone is 1. The maximum atomic E-state index is 5.45. The van der Waals surface area contributed by atoms with E-state index in [1.54, 1.807) is 0 Å². The van der Waals surface area contributed by atoms with E-state index >= 15 is 0 Å². The smallest absolute Gasteiger partial charge is 0.0304 e. The first-order valence-corrected chi connectivity index (χ1v) is 6.04. The van der Waals surface area contributed by atoms with Crippen LogP contribution in [0.3, 0.4) is 0 Å². The molecule has 2 nitrogen and oxygen atoms in total. The molecule has 0 aromatic rings. The van der Waals surface area contributed by atoms with Gasteiger partial charge in [0.15, 0.2) is 0 Å². The van der Waals surface area contributed by atoms with Crippen LogP contribution in [-0.2, 0) is 0 Å². The molecule has 1 atom stereocenters. The zero-order chi connectivity index (χ0) is 10.1. The van der Waals surface area contributed by atoms with E-state index in [1.165, 1.54) is 17.7 Å². The molecule has 78 valence electrons. The summed E-state index contributed by atoms with van der Waals surface area (Å²) in [4.78, 5) is 0. The quantitative estimate of drug-likeness (QED) is 0.274. The highest BCUT2D eigenvalue weighted by atomic mass is 32.2. The maximum absolute atomic E-state index is 5.45. The second kappa shape index (κ2) is 8.60. The summed E-state index contributed by atoms with van der Waals surface area (Å²) in [6, 6.07) is 0.438. The van der Waals surface area contributed by atoms with Crippen LogP contribution in [0.5, 0.6) is 0 Å². The molecular formula is C10H22N2S. The normalized spacial score (nSPS) is 12.8. The zero-order valence-corrected chi connectivity index (χ0v) is 9.62. The number of rotatable bonds is 8.